The number of nitriles is 1. The molecular weight excluding hydrogens is 424 g/mol. The van der Waals surface area contributed by atoms with Gasteiger partial charge < -0.3 is 14.8 Å². The summed E-state index contributed by atoms with van der Waals surface area (Å²) in [6.45, 7) is 5.23. The minimum atomic E-state index is -0.504. The van der Waals surface area contributed by atoms with E-state index < -0.39 is 5.91 Å². The first-order valence-electron chi connectivity index (χ1n) is 11.2. The molecule has 0 aliphatic carbocycles. The lowest BCUT2D eigenvalue weighted by molar-refractivity contribution is -0.112. The van der Waals surface area contributed by atoms with Gasteiger partial charge in [-0.05, 0) is 55.3 Å². The summed E-state index contributed by atoms with van der Waals surface area (Å²) in [7, 11) is 0. The first kappa shape index (κ1) is 25.3. The molecule has 0 aliphatic rings. The second kappa shape index (κ2) is 14.2. The number of carbonyl (C=O) groups is 1. The van der Waals surface area contributed by atoms with E-state index in [1.165, 1.54) is 31.8 Å². The fourth-order valence-corrected chi connectivity index (χ4v) is 3.34. The summed E-state index contributed by atoms with van der Waals surface area (Å²) < 4.78 is 11.6. The maximum atomic E-state index is 12.5. The third-order valence-electron chi connectivity index (χ3n) is 4.78. The van der Waals surface area contributed by atoms with E-state index in [1.807, 2.05) is 25.1 Å². The van der Waals surface area contributed by atoms with Crippen molar-refractivity contribution in [2.45, 2.75) is 52.4 Å². The Morgan fingerprint density at radius 1 is 1.03 bits per heavy atom. The minimum absolute atomic E-state index is 0.0202. The van der Waals surface area contributed by atoms with Crippen molar-refractivity contribution in [1.29, 1.82) is 5.26 Å². The van der Waals surface area contributed by atoms with Crippen molar-refractivity contribution in [2.24, 2.45) is 0 Å². The molecule has 2 aromatic carbocycles. The van der Waals surface area contributed by atoms with Crippen molar-refractivity contribution in [3.05, 3.63) is 58.6 Å². The zero-order valence-electron chi connectivity index (χ0n) is 18.8. The maximum Gasteiger partial charge on any atom is 0.266 e. The Kier molecular flexibility index (Phi) is 11.2. The fraction of sp³-hybridized carbons (Fsp3) is 0.385. The summed E-state index contributed by atoms with van der Waals surface area (Å²) in [4.78, 5) is 12.5. The number of benzene rings is 2. The van der Waals surface area contributed by atoms with Crippen LogP contribution in [0.4, 0.5) is 5.69 Å². The summed E-state index contributed by atoms with van der Waals surface area (Å²) in [5, 5.41) is 12.7. The molecule has 0 saturated heterocycles. The molecule has 0 atom stereocenters. The molecule has 0 spiro atoms. The van der Waals surface area contributed by atoms with Crippen LogP contribution >= 0.6 is 11.6 Å². The summed E-state index contributed by atoms with van der Waals surface area (Å²) in [6, 6.07) is 14.1. The van der Waals surface area contributed by atoms with Crippen LogP contribution in [-0.2, 0) is 4.79 Å². The van der Waals surface area contributed by atoms with Gasteiger partial charge in [0.05, 0.1) is 13.2 Å². The standard InChI is InChI=1S/C26H31ClN2O3/c1-3-5-6-7-8-9-15-32-24-14-13-20(17-25(24)31-4-2)16-21(19-28)26(30)29-23-12-10-11-22(27)18-23/h10-14,16-18H,3-9,15H2,1-2H3,(H,29,30)/b21-16-. The molecule has 0 unspecified atom stereocenters. The van der Waals surface area contributed by atoms with Crippen LogP contribution in [0.15, 0.2) is 48.0 Å². The predicted molar refractivity (Wildman–Crippen MR) is 130 cm³/mol. The zero-order valence-corrected chi connectivity index (χ0v) is 19.6. The molecule has 0 heterocycles. The second-order valence-electron chi connectivity index (χ2n) is 7.39. The van der Waals surface area contributed by atoms with E-state index in [2.05, 4.69) is 12.2 Å². The molecule has 5 nitrogen and oxygen atoms in total. The smallest absolute Gasteiger partial charge is 0.266 e. The number of ether oxygens (including phenoxy) is 2. The highest BCUT2D eigenvalue weighted by Gasteiger charge is 2.12. The molecule has 0 radical (unpaired) electrons. The van der Waals surface area contributed by atoms with Gasteiger partial charge in [0.2, 0.25) is 0 Å². The maximum absolute atomic E-state index is 12.5. The monoisotopic (exact) mass is 454 g/mol. The van der Waals surface area contributed by atoms with Crippen LogP contribution in [0.25, 0.3) is 6.08 Å². The molecule has 0 saturated carbocycles. The normalized spacial score (nSPS) is 11.0. The van der Waals surface area contributed by atoms with Gasteiger partial charge in [-0.25, -0.2) is 0 Å². The Morgan fingerprint density at radius 3 is 2.53 bits per heavy atom. The van der Waals surface area contributed by atoms with Gasteiger partial charge in [0.1, 0.15) is 11.6 Å². The summed E-state index contributed by atoms with van der Waals surface area (Å²) in [5.74, 6) is 0.760. The van der Waals surface area contributed by atoms with Crippen LogP contribution in [-0.4, -0.2) is 19.1 Å². The lowest BCUT2D eigenvalue weighted by atomic mass is 10.1. The van der Waals surface area contributed by atoms with Gasteiger partial charge in [0, 0.05) is 10.7 Å². The van der Waals surface area contributed by atoms with Crippen molar-refractivity contribution >= 4 is 29.3 Å². The number of amides is 1. The predicted octanol–water partition coefficient (Wildman–Crippen LogP) is 7.02. The highest BCUT2D eigenvalue weighted by Crippen LogP contribution is 2.30. The summed E-state index contributed by atoms with van der Waals surface area (Å²) in [6.07, 6.45) is 8.70. The number of anilines is 1. The third kappa shape index (κ3) is 8.64. The van der Waals surface area contributed by atoms with Crippen molar-refractivity contribution in [2.75, 3.05) is 18.5 Å². The Morgan fingerprint density at radius 2 is 1.81 bits per heavy atom. The molecule has 0 aliphatic heterocycles. The number of hydrogen-bond donors (Lipinski definition) is 1. The zero-order chi connectivity index (χ0) is 23.2. The molecule has 32 heavy (non-hydrogen) atoms. The van der Waals surface area contributed by atoms with Crippen LogP contribution in [0.2, 0.25) is 5.02 Å². The van der Waals surface area contributed by atoms with Crippen molar-refractivity contribution in [3.8, 4) is 17.6 Å². The summed E-state index contributed by atoms with van der Waals surface area (Å²) >= 11 is 5.95. The van der Waals surface area contributed by atoms with Crippen LogP contribution < -0.4 is 14.8 Å². The second-order valence-corrected chi connectivity index (χ2v) is 7.83. The quantitative estimate of drug-likeness (QED) is 0.200. The molecule has 0 bridgehead atoms. The summed E-state index contributed by atoms with van der Waals surface area (Å²) in [5.41, 5.74) is 1.18. The van der Waals surface area contributed by atoms with Crippen LogP contribution in [0.3, 0.4) is 0 Å². The van der Waals surface area contributed by atoms with Crippen LogP contribution in [0.5, 0.6) is 11.5 Å². The molecule has 2 rings (SSSR count). The third-order valence-corrected chi connectivity index (χ3v) is 5.02. The molecule has 6 heteroatoms. The minimum Gasteiger partial charge on any atom is -0.490 e. The van der Waals surface area contributed by atoms with Crippen molar-refractivity contribution in [1.82, 2.24) is 0 Å². The van der Waals surface area contributed by atoms with Gasteiger partial charge in [0.25, 0.3) is 5.91 Å². The van der Waals surface area contributed by atoms with Gasteiger partial charge >= 0.3 is 0 Å². The van der Waals surface area contributed by atoms with E-state index in [0.29, 0.717) is 41.0 Å². The molecular formula is C26H31ClN2O3. The van der Waals surface area contributed by atoms with Crippen molar-refractivity contribution in [3.63, 3.8) is 0 Å². The lowest BCUT2D eigenvalue weighted by Crippen LogP contribution is -2.13. The first-order chi connectivity index (χ1) is 15.6. The number of nitrogens with zero attached hydrogens (tertiary/aromatic N) is 1. The van der Waals surface area contributed by atoms with Gasteiger partial charge in [-0.2, -0.15) is 5.26 Å². The number of halogens is 1. The van der Waals surface area contributed by atoms with E-state index in [0.717, 1.165) is 12.8 Å². The molecule has 170 valence electrons. The van der Waals surface area contributed by atoms with E-state index in [4.69, 9.17) is 21.1 Å². The number of rotatable bonds is 13. The van der Waals surface area contributed by atoms with E-state index in [1.54, 1.807) is 30.3 Å². The van der Waals surface area contributed by atoms with Gasteiger partial charge in [-0.1, -0.05) is 62.8 Å². The SMILES string of the molecule is CCCCCCCCOc1ccc(/C=C(/C#N)C(=O)Nc2cccc(Cl)c2)cc1OCC. The largest absolute Gasteiger partial charge is 0.490 e. The number of nitrogens with one attached hydrogen (secondary N) is 1. The van der Waals surface area contributed by atoms with Gasteiger partial charge in [-0.3, -0.25) is 4.79 Å². The Labute approximate surface area is 196 Å². The Hall–Kier alpha value is -2.97. The number of unbranched alkanes of at least 4 members (excludes halogenated alkanes) is 5. The highest BCUT2D eigenvalue weighted by atomic mass is 35.5. The Balaban J connectivity index is 2.04. The molecule has 1 N–H and O–H groups in total. The molecule has 1 amide bonds. The first-order valence-corrected chi connectivity index (χ1v) is 11.5. The molecule has 2 aromatic rings. The van der Waals surface area contributed by atoms with E-state index >= 15 is 0 Å². The molecule has 0 fully saturated rings. The van der Waals surface area contributed by atoms with Gasteiger partial charge in [0.15, 0.2) is 11.5 Å². The average molecular weight is 455 g/mol. The average Bonchev–Trinajstić information content (AvgIpc) is 2.78. The van der Waals surface area contributed by atoms with Crippen molar-refractivity contribution < 1.29 is 14.3 Å². The van der Waals surface area contributed by atoms with Crippen LogP contribution in [0, 0.1) is 11.3 Å². The number of hydrogen-bond acceptors (Lipinski definition) is 4. The topological polar surface area (TPSA) is 71.3 Å². The number of carbonyl (C=O) groups excluding carboxylic acids is 1. The lowest BCUT2D eigenvalue weighted by Gasteiger charge is -2.13. The van der Waals surface area contributed by atoms with Gasteiger partial charge in [-0.15, -0.1) is 0 Å². The Bertz CT molecular complexity index is 950. The van der Waals surface area contributed by atoms with Crippen LogP contribution in [0.1, 0.15) is 57.9 Å². The highest BCUT2D eigenvalue weighted by molar-refractivity contribution is 6.31. The van der Waals surface area contributed by atoms with E-state index in [9.17, 15) is 10.1 Å². The fourth-order valence-electron chi connectivity index (χ4n) is 3.15. The van der Waals surface area contributed by atoms with E-state index in [-0.39, 0.29) is 5.57 Å². The molecule has 0 aromatic heterocycles.